The fourth-order valence-electron chi connectivity index (χ4n) is 4.60. The molecule has 1 saturated heterocycles. The summed E-state index contributed by atoms with van der Waals surface area (Å²) < 4.78 is 19.0. The Bertz CT molecular complexity index is 1220. The number of piperazine rings is 1. The molecule has 1 aromatic heterocycles. The van der Waals surface area contributed by atoms with Crippen LogP contribution in [0.1, 0.15) is 32.1 Å². The van der Waals surface area contributed by atoms with Crippen molar-refractivity contribution in [3.63, 3.8) is 0 Å². The number of amides is 1. The number of methoxy groups -OCH3 is 1. The number of phenols is 1. The Morgan fingerprint density at radius 1 is 1.17 bits per heavy atom. The maximum atomic E-state index is 14.0. The Hall–Kier alpha value is -3.17. The lowest BCUT2D eigenvalue weighted by Gasteiger charge is -2.39. The second-order valence-electron chi connectivity index (χ2n) is 9.07. The number of phenolic OH excluding ortho intramolecular Hbond substituents is 1. The molecule has 2 fully saturated rings. The number of hydrogen-bond acceptors (Lipinski definition) is 7. The third kappa shape index (κ3) is 5.96. The molecule has 1 aliphatic carbocycles. The van der Waals surface area contributed by atoms with E-state index in [9.17, 15) is 14.3 Å². The number of carbonyl (C=O) groups excluding carboxylic acids is 1. The Morgan fingerprint density at radius 2 is 1.94 bits per heavy atom. The first-order valence-electron chi connectivity index (χ1n) is 12.1. The van der Waals surface area contributed by atoms with Crippen molar-refractivity contribution >= 4 is 39.9 Å². The van der Waals surface area contributed by atoms with Crippen LogP contribution in [0.15, 0.2) is 36.7 Å². The summed E-state index contributed by atoms with van der Waals surface area (Å²) in [5.74, 6) is 0.310. The Labute approximate surface area is 215 Å². The van der Waals surface area contributed by atoms with E-state index in [4.69, 9.17) is 16.3 Å². The minimum Gasteiger partial charge on any atom is -0.504 e. The Morgan fingerprint density at radius 3 is 2.67 bits per heavy atom. The number of halogens is 2. The molecule has 36 heavy (non-hydrogen) atoms. The summed E-state index contributed by atoms with van der Waals surface area (Å²) in [5, 5.41) is 13.3. The predicted octanol–water partition coefficient (Wildman–Crippen LogP) is 4.97. The van der Waals surface area contributed by atoms with Gasteiger partial charge in [0.25, 0.3) is 0 Å². The second kappa shape index (κ2) is 11.7. The van der Waals surface area contributed by atoms with E-state index in [0.717, 1.165) is 13.1 Å². The van der Waals surface area contributed by atoms with E-state index in [2.05, 4.69) is 20.2 Å². The third-order valence-corrected chi connectivity index (χ3v) is 7.01. The van der Waals surface area contributed by atoms with Gasteiger partial charge in [0.05, 0.1) is 29.9 Å². The van der Waals surface area contributed by atoms with E-state index in [-0.39, 0.29) is 16.5 Å². The summed E-state index contributed by atoms with van der Waals surface area (Å²) >= 11 is 5.76. The molecule has 2 aliphatic rings. The molecule has 0 radical (unpaired) electrons. The van der Waals surface area contributed by atoms with Crippen LogP contribution in [0, 0.1) is 5.82 Å². The molecule has 5 rings (SSSR count). The second-order valence-corrected chi connectivity index (χ2v) is 9.47. The van der Waals surface area contributed by atoms with Crippen molar-refractivity contribution in [3.8, 4) is 11.5 Å². The molecule has 1 aliphatic heterocycles. The van der Waals surface area contributed by atoms with Crippen molar-refractivity contribution in [1.29, 1.82) is 0 Å². The van der Waals surface area contributed by atoms with Gasteiger partial charge in [-0.3, -0.25) is 9.69 Å². The lowest BCUT2D eigenvalue weighted by atomic mass is 9.94. The largest absolute Gasteiger partial charge is 0.504 e. The number of hydrogen-bond donors (Lipinski definition) is 2. The smallest absolute Gasteiger partial charge is 0.236 e. The van der Waals surface area contributed by atoms with E-state index in [1.807, 2.05) is 11.9 Å². The molecule has 10 heteroatoms. The number of ether oxygens (including phenoxy) is 1. The Balaban J connectivity index is 0.000000187. The lowest BCUT2D eigenvalue weighted by Crippen LogP contribution is -2.52. The molecule has 2 aromatic carbocycles. The molecule has 2 N–H and O–H groups in total. The summed E-state index contributed by atoms with van der Waals surface area (Å²) in [5.41, 5.74) is 0.734. The summed E-state index contributed by atoms with van der Waals surface area (Å²) in [6.07, 6.45) is 8.03. The number of anilines is 2. The van der Waals surface area contributed by atoms with Crippen LogP contribution in [-0.4, -0.2) is 70.6 Å². The van der Waals surface area contributed by atoms with Gasteiger partial charge in [0.15, 0.2) is 17.3 Å². The molecule has 0 atom stereocenters. The molecule has 3 aromatic rings. The van der Waals surface area contributed by atoms with E-state index in [1.54, 1.807) is 18.2 Å². The van der Waals surface area contributed by atoms with Gasteiger partial charge in [0.1, 0.15) is 12.1 Å². The van der Waals surface area contributed by atoms with Gasteiger partial charge in [-0.1, -0.05) is 36.9 Å². The zero-order valence-electron chi connectivity index (χ0n) is 20.5. The van der Waals surface area contributed by atoms with Crippen molar-refractivity contribution in [2.75, 3.05) is 39.1 Å². The average molecular weight is 516 g/mol. The van der Waals surface area contributed by atoms with Crippen LogP contribution in [0.4, 0.5) is 15.9 Å². The normalized spacial score (nSPS) is 17.0. The molecule has 2 heterocycles. The molecule has 8 nitrogen and oxygen atoms in total. The van der Waals surface area contributed by atoms with Crippen LogP contribution in [0.5, 0.6) is 11.5 Å². The van der Waals surface area contributed by atoms with Gasteiger partial charge in [-0.2, -0.15) is 0 Å². The average Bonchev–Trinajstić information content (AvgIpc) is 2.89. The van der Waals surface area contributed by atoms with Gasteiger partial charge in [-0.15, -0.1) is 0 Å². The number of nitrogens with zero attached hydrogens (tertiary/aromatic N) is 4. The van der Waals surface area contributed by atoms with Gasteiger partial charge in [-0.25, -0.2) is 14.4 Å². The first-order valence-corrected chi connectivity index (χ1v) is 12.5. The van der Waals surface area contributed by atoms with Crippen LogP contribution in [-0.2, 0) is 4.79 Å². The minimum absolute atomic E-state index is 0.00729. The van der Waals surface area contributed by atoms with Crippen LogP contribution >= 0.6 is 11.6 Å². The molecular formula is C26H31ClFN5O3. The maximum absolute atomic E-state index is 14.0. The van der Waals surface area contributed by atoms with Crippen LogP contribution in [0.2, 0.25) is 5.02 Å². The number of aromatic hydroxyl groups is 1. The van der Waals surface area contributed by atoms with Crippen molar-refractivity contribution < 1.29 is 19.0 Å². The molecule has 1 saturated carbocycles. The standard InChI is InChI=1S/C15H11ClFN3O2.C11H20N2O/c1-22-13-6-11-8(5-12(13)21)15(19-7-18-11)20-10-4-2-3-9(16)14(10)17;1-12-7-8-13(9-11(12)14)10-5-3-2-4-6-10/h2-7,21H,1H3,(H,18,19,20);10H,2-9H2,1H3. The number of rotatable bonds is 4. The number of fused-ring (bicyclic) bond motifs is 1. The van der Waals surface area contributed by atoms with Crippen molar-refractivity contribution in [2.24, 2.45) is 0 Å². The zero-order valence-corrected chi connectivity index (χ0v) is 21.3. The number of benzene rings is 2. The highest BCUT2D eigenvalue weighted by atomic mass is 35.5. The summed E-state index contributed by atoms with van der Waals surface area (Å²) in [6.45, 7) is 2.64. The topological polar surface area (TPSA) is 90.8 Å². The highest BCUT2D eigenvalue weighted by Gasteiger charge is 2.27. The highest BCUT2D eigenvalue weighted by molar-refractivity contribution is 6.31. The molecule has 0 spiro atoms. The number of aromatic nitrogens is 2. The van der Waals surface area contributed by atoms with Crippen LogP contribution in [0.25, 0.3) is 10.9 Å². The summed E-state index contributed by atoms with van der Waals surface area (Å²) in [4.78, 5) is 24.0. The van der Waals surface area contributed by atoms with Crippen molar-refractivity contribution in [2.45, 2.75) is 38.1 Å². The van der Waals surface area contributed by atoms with Crippen LogP contribution < -0.4 is 10.1 Å². The fourth-order valence-corrected chi connectivity index (χ4v) is 4.77. The molecule has 0 unspecified atom stereocenters. The summed E-state index contributed by atoms with van der Waals surface area (Å²) in [7, 11) is 3.35. The van der Waals surface area contributed by atoms with Gasteiger partial charge < -0.3 is 20.1 Å². The fraction of sp³-hybridized carbons (Fsp3) is 0.423. The van der Waals surface area contributed by atoms with E-state index in [1.165, 1.54) is 57.7 Å². The van der Waals surface area contributed by atoms with Gasteiger partial charge in [0.2, 0.25) is 5.91 Å². The molecule has 1 amide bonds. The first-order chi connectivity index (χ1) is 17.4. The first kappa shape index (κ1) is 25.9. The van der Waals surface area contributed by atoms with E-state index >= 15 is 0 Å². The maximum Gasteiger partial charge on any atom is 0.236 e. The SMILES string of the molecule is CN1CCN(C2CCCCC2)CC1=O.COc1cc2ncnc(Nc3cccc(Cl)c3F)c2cc1O. The predicted molar refractivity (Wildman–Crippen MR) is 139 cm³/mol. The summed E-state index contributed by atoms with van der Waals surface area (Å²) in [6, 6.07) is 8.35. The molecule has 192 valence electrons. The third-order valence-electron chi connectivity index (χ3n) is 6.72. The Kier molecular flexibility index (Phi) is 8.43. The quantitative estimate of drug-likeness (QED) is 0.506. The van der Waals surface area contributed by atoms with Gasteiger partial charge >= 0.3 is 0 Å². The monoisotopic (exact) mass is 515 g/mol. The minimum atomic E-state index is -0.575. The van der Waals surface area contributed by atoms with Crippen molar-refractivity contribution in [1.82, 2.24) is 19.8 Å². The molecular weight excluding hydrogens is 485 g/mol. The highest BCUT2D eigenvalue weighted by Crippen LogP contribution is 2.34. The van der Waals surface area contributed by atoms with E-state index in [0.29, 0.717) is 41.0 Å². The van der Waals surface area contributed by atoms with Gasteiger partial charge in [0, 0.05) is 37.6 Å². The number of nitrogens with one attached hydrogen (secondary N) is 1. The number of likely N-dealkylation sites (N-methyl/N-ethyl adjacent to an activating group) is 1. The zero-order chi connectivity index (χ0) is 25.7. The van der Waals surface area contributed by atoms with Crippen molar-refractivity contribution in [3.05, 3.63) is 47.5 Å². The molecule has 0 bridgehead atoms. The van der Waals surface area contributed by atoms with E-state index < -0.39 is 5.82 Å². The van der Waals surface area contributed by atoms with Crippen LogP contribution in [0.3, 0.4) is 0 Å². The lowest BCUT2D eigenvalue weighted by molar-refractivity contribution is -0.135. The van der Waals surface area contributed by atoms with Gasteiger partial charge in [-0.05, 0) is 31.0 Å². The number of carbonyl (C=O) groups is 1.